The van der Waals surface area contributed by atoms with E-state index in [0.717, 1.165) is 23.6 Å². The largest absolute Gasteiger partial charge is 0.665 e. The molecule has 3 rings (SSSR count). The van der Waals surface area contributed by atoms with E-state index in [0.29, 0.717) is 12.0 Å². The Hall–Kier alpha value is -1.29. The Morgan fingerprint density at radius 2 is 1.75 bits per heavy atom. The molecule has 5 nitrogen and oxygen atoms in total. The van der Waals surface area contributed by atoms with Gasteiger partial charge in [-0.1, -0.05) is 53.6 Å². The molecule has 1 fully saturated rings. The Kier molecular flexibility index (Phi) is 13.3. The summed E-state index contributed by atoms with van der Waals surface area (Å²) < 4.78 is 57.3. The van der Waals surface area contributed by atoms with Gasteiger partial charge in [0.1, 0.15) is 5.75 Å². The maximum Gasteiger partial charge on any atom is 0.419 e. The predicted molar refractivity (Wildman–Crippen MR) is 131 cm³/mol. The number of hydrogen-bond donors (Lipinski definition) is 1. The number of aliphatic hydroxyl groups excluding tert-OH is 1. The van der Waals surface area contributed by atoms with E-state index >= 15 is 0 Å². The number of rotatable bonds is 7. The molecule has 1 radical (unpaired) electrons. The van der Waals surface area contributed by atoms with Crippen LogP contribution in [0.4, 0.5) is 13.2 Å². The zero-order chi connectivity index (χ0) is 26.1. The zero-order valence-electron chi connectivity index (χ0n) is 21.3. The first-order valence-electron chi connectivity index (χ1n) is 11.6. The van der Waals surface area contributed by atoms with E-state index < -0.39 is 23.1 Å². The van der Waals surface area contributed by atoms with Gasteiger partial charge in [-0.2, -0.15) is 13.2 Å². The minimum absolute atomic E-state index is 0. The van der Waals surface area contributed by atoms with Gasteiger partial charge < -0.3 is 25.1 Å². The summed E-state index contributed by atoms with van der Waals surface area (Å²) in [5.74, 6) is -0.953. The second kappa shape index (κ2) is 14.6. The zero-order valence-corrected chi connectivity index (χ0v) is 24.2. The molecule has 0 unspecified atom stereocenters. The molecule has 1 aliphatic heterocycles. The van der Waals surface area contributed by atoms with Gasteiger partial charge in [0.25, 0.3) is 0 Å². The number of ether oxygens (including phenoxy) is 3. The van der Waals surface area contributed by atoms with Gasteiger partial charge in [0.05, 0.1) is 12.2 Å². The van der Waals surface area contributed by atoms with Crippen LogP contribution in [0.1, 0.15) is 49.4 Å². The number of nitrogens with one attached hydrogen (secondary N) is 1. The molecule has 0 bridgehead atoms. The smallest absolute Gasteiger partial charge is 0.419 e. The van der Waals surface area contributed by atoms with Crippen LogP contribution >= 0.6 is 0 Å². The van der Waals surface area contributed by atoms with Crippen LogP contribution in [0.25, 0.3) is 11.8 Å². The minimum Gasteiger partial charge on any atom is -0.665 e. The molecule has 0 amide bonds. The molecule has 0 aliphatic carbocycles. The van der Waals surface area contributed by atoms with E-state index in [1.54, 1.807) is 26.8 Å². The molecule has 0 spiro atoms. The predicted octanol–water partition coefficient (Wildman–Crippen LogP) is 6.61. The summed E-state index contributed by atoms with van der Waals surface area (Å²) in [5, 5.41) is 7.57. The summed E-state index contributed by atoms with van der Waals surface area (Å²) in [6.07, 6.45) is -0.194. The topological polar surface area (TPSA) is 71.7 Å². The first kappa shape index (κ1) is 32.7. The molecular formula is C27H35F3NO4Y-. The van der Waals surface area contributed by atoms with E-state index in [1.165, 1.54) is 18.2 Å². The molecular weight excluding hydrogens is 548 g/mol. The van der Waals surface area contributed by atoms with Crippen LogP contribution < -0.4 is 4.74 Å². The SMILES string of the molecule is CCO.Cc1cccc(CCCOc2ccc(/C=C/C3([NH-])COC(C)(C)OC3)cc2C(F)(F)F)c1.[Y]. The fraction of sp³-hybridized carbons (Fsp3) is 0.481. The fourth-order valence-corrected chi connectivity index (χ4v) is 3.37. The molecule has 0 aromatic heterocycles. The summed E-state index contributed by atoms with van der Waals surface area (Å²) in [5.41, 5.74) is 9.01. The van der Waals surface area contributed by atoms with Crippen molar-refractivity contribution in [3.05, 3.63) is 76.5 Å². The molecule has 1 aliphatic rings. The van der Waals surface area contributed by atoms with E-state index in [9.17, 15) is 13.2 Å². The van der Waals surface area contributed by atoms with Crippen LogP contribution in [-0.2, 0) is 54.8 Å². The minimum atomic E-state index is -4.55. The van der Waals surface area contributed by atoms with Crippen LogP contribution in [0.5, 0.6) is 5.75 Å². The fourth-order valence-electron chi connectivity index (χ4n) is 3.37. The molecule has 2 N–H and O–H groups in total. The average Bonchev–Trinajstić information content (AvgIpc) is 2.78. The van der Waals surface area contributed by atoms with Crippen LogP contribution in [-0.4, -0.2) is 42.9 Å². The summed E-state index contributed by atoms with van der Waals surface area (Å²) in [7, 11) is 0. The first-order chi connectivity index (χ1) is 16.4. The van der Waals surface area contributed by atoms with Crippen molar-refractivity contribution in [3.8, 4) is 5.75 Å². The molecule has 2 aromatic rings. The molecule has 0 atom stereocenters. The molecule has 36 heavy (non-hydrogen) atoms. The quantitative estimate of drug-likeness (QED) is 0.373. The van der Waals surface area contributed by atoms with Gasteiger partial charge in [-0.25, -0.2) is 0 Å². The van der Waals surface area contributed by atoms with Gasteiger partial charge in [-0.15, -0.1) is 0 Å². The number of hydrogen-bond acceptors (Lipinski definition) is 4. The van der Waals surface area contributed by atoms with Crippen molar-refractivity contribution in [1.29, 1.82) is 0 Å². The molecule has 1 saturated heterocycles. The van der Waals surface area contributed by atoms with Crippen molar-refractivity contribution in [1.82, 2.24) is 0 Å². The second-order valence-corrected chi connectivity index (χ2v) is 8.98. The Bertz CT molecular complexity index is 970. The van der Waals surface area contributed by atoms with Crippen LogP contribution in [0, 0.1) is 6.92 Å². The summed E-state index contributed by atoms with van der Waals surface area (Å²) in [6, 6.07) is 12.0. The Balaban J connectivity index is 0.00000154. The second-order valence-electron chi connectivity index (χ2n) is 8.98. The van der Waals surface area contributed by atoms with Crippen molar-refractivity contribution >= 4 is 6.08 Å². The number of benzene rings is 2. The van der Waals surface area contributed by atoms with E-state index in [-0.39, 0.29) is 64.9 Å². The molecule has 1 heterocycles. The average molecular weight is 583 g/mol. The van der Waals surface area contributed by atoms with Gasteiger partial charge in [-0.05, 0) is 63.8 Å². The summed E-state index contributed by atoms with van der Waals surface area (Å²) >= 11 is 0. The van der Waals surface area contributed by atoms with Crippen molar-refractivity contribution in [3.63, 3.8) is 0 Å². The van der Waals surface area contributed by atoms with Gasteiger partial charge >= 0.3 is 6.18 Å². The normalized spacial score (nSPS) is 16.6. The Morgan fingerprint density at radius 3 is 2.33 bits per heavy atom. The van der Waals surface area contributed by atoms with Crippen LogP contribution in [0.3, 0.4) is 0 Å². The molecule has 0 saturated carbocycles. The van der Waals surface area contributed by atoms with Gasteiger partial charge in [0, 0.05) is 52.5 Å². The van der Waals surface area contributed by atoms with E-state index in [2.05, 4.69) is 6.07 Å². The van der Waals surface area contributed by atoms with Crippen LogP contribution in [0.2, 0.25) is 0 Å². The van der Waals surface area contributed by atoms with Crippen molar-refractivity contribution in [2.24, 2.45) is 0 Å². The number of aryl methyl sites for hydroxylation is 2. The Labute approximate surface area is 237 Å². The van der Waals surface area contributed by atoms with Crippen molar-refractivity contribution in [2.45, 2.75) is 58.0 Å². The van der Waals surface area contributed by atoms with Crippen molar-refractivity contribution < 1.29 is 65.2 Å². The number of aliphatic hydroxyl groups is 1. The first-order valence-corrected chi connectivity index (χ1v) is 11.6. The number of halogens is 3. The third-order valence-corrected chi connectivity index (χ3v) is 5.21. The third kappa shape index (κ3) is 11.0. The summed E-state index contributed by atoms with van der Waals surface area (Å²) in [4.78, 5) is 0. The molecule has 197 valence electrons. The monoisotopic (exact) mass is 583 g/mol. The van der Waals surface area contributed by atoms with Gasteiger partial charge in [0.2, 0.25) is 0 Å². The summed E-state index contributed by atoms with van der Waals surface area (Å²) in [6.45, 7) is 7.84. The van der Waals surface area contributed by atoms with E-state index in [1.807, 2.05) is 25.1 Å². The molecule has 2 aromatic carbocycles. The van der Waals surface area contributed by atoms with Crippen molar-refractivity contribution in [2.75, 3.05) is 26.4 Å². The number of alkyl halides is 3. The maximum absolute atomic E-state index is 13.6. The van der Waals surface area contributed by atoms with Crippen LogP contribution in [0.15, 0.2) is 48.5 Å². The van der Waals surface area contributed by atoms with Gasteiger partial charge in [-0.3, -0.25) is 0 Å². The van der Waals surface area contributed by atoms with Gasteiger partial charge in [0.15, 0.2) is 5.79 Å². The Morgan fingerprint density at radius 1 is 1.11 bits per heavy atom. The standard InChI is InChI=1S/C25H29F3NO3.C2H6O.Y/c1-18-6-4-7-19(14-18)8-5-13-30-22-10-9-20(15-21(22)25(26,27)28)11-12-24(29)16-31-23(2,3)32-17-24;1-2-3;/h4,6-7,9-12,14-15,29H,5,8,13,16-17H2,1-3H3;3H,2H2,1H3;/q-1;;/b12-11+;;. The third-order valence-electron chi connectivity index (χ3n) is 5.21. The molecule has 9 heteroatoms. The van der Waals surface area contributed by atoms with E-state index in [4.69, 9.17) is 25.1 Å². The maximum atomic E-state index is 13.6.